The molecular weight excluding hydrogens is 308 g/mol. The third-order valence-corrected chi connectivity index (χ3v) is 3.40. The molecule has 0 aliphatic heterocycles. The van der Waals surface area contributed by atoms with Gasteiger partial charge in [-0.2, -0.15) is 9.78 Å². The molecule has 0 bridgehead atoms. The van der Waals surface area contributed by atoms with Crippen LogP contribution in [0.4, 0.5) is 0 Å². The molecule has 0 saturated heterocycles. The molecule has 0 aliphatic carbocycles. The first-order valence-corrected chi connectivity index (χ1v) is 7.17. The first-order valence-electron chi connectivity index (χ1n) is 7.17. The zero-order valence-electron chi connectivity index (χ0n) is 13.2. The fourth-order valence-electron chi connectivity index (χ4n) is 2.21. The van der Waals surface area contributed by atoms with Gasteiger partial charge in [-0.15, -0.1) is 10.2 Å². The van der Waals surface area contributed by atoms with E-state index in [2.05, 4.69) is 15.3 Å². The number of phenols is 1. The molecule has 2 aromatic carbocycles. The lowest BCUT2D eigenvalue weighted by Gasteiger charge is -2.09. The Bertz CT molecular complexity index is 834. The summed E-state index contributed by atoms with van der Waals surface area (Å²) in [5.74, 6) is 1.20. The summed E-state index contributed by atoms with van der Waals surface area (Å²) in [4.78, 5) is 0. The molecular formula is C17H16N4O3. The second kappa shape index (κ2) is 6.82. The van der Waals surface area contributed by atoms with Gasteiger partial charge in [-0.25, -0.2) is 0 Å². The summed E-state index contributed by atoms with van der Waals surface area (Å²) >= 11 is 0. The Morgan fingerprint density at radius 2 is 1.75 bits per heavy atom. The summed E-state index contributed by atoms with van der Waals surface area (Å²) in [6.07, 6.45) is 3.13. The van der Waals surface area contributed by atoms with Crippen LogP contribution in [-0.4, -0.2) is 40.4 Å². The van der Waals surface area contributed by atoms with Gasteiger partial charge in [-0.1, -0.05) is 30.3 Å². The van der Waals surface area contributed by atoms with Crippen molar-refractivity contribution in [3.63, 3.8) is 0 Å². The van der Waals surface area contributed by atoms with Crippen LogP contribution in [0, 0.1) is 0 Å². The first kappa shape index (κ1) is 15.5. The number of methoxy groups -OCH3 is 2. The molecule has 0 amide bonds. The predicted octanol–water partition coefficient (Wildman–Crippen LogP) is 2.55. The number of aromatic hydroxyl groups is 1. The van der Waals surface area contributed by atoms with Gasteiger partial charge in [-0.3, -0.25) is 0 Å². The van der Waals surface area contributed by atoms with E-state index < -0.39 is 0 Å². The summed E-state index contributed by atoms with van der Waals surface area (Å²) in [5, 5.41) is 22.3. The Morgan fingerprint density at radius 1 is 1.08 bits per heavy atom. The van der Waals surface area contributed by atoms with Crippen LogP contribution in [0.5, 0.6) is 17.2 Å². The Morgan fingerprint density at radius 3 is 2.38 bits per heavy atom. The second-order valence-electron chi connectivity index (χ2n) is 4.88. The molecule has 3 rings (SSSR count). The fraction of sp³-hybridized carbons (Fsp3) is 0.118. The number of nitrogens with zero attached hydrogens (tertiary/aromatic N) is 4. The van der Waals surface area contributed by atoms with E-state index in [4.69, 9.17) is 9.47 Å². The van der Waals surface area contributed by atoms with Gasteiger partial charge in [0, 0.05) is 11.1 Å². The lowest BCUT2D eigenvalue weighted by atomic mass is 10.2. The Balaban J connectivity index is 1.94. The van der Waals surface area contributed by atoms with Crippen LogP contribution in [0.25, 0.3) is 11.4 Å². The second-order valence-corrected chi connectivity index (χ2v) is 4.88. The van der Waals surface area contributed by atoms with Crippen molar-refractivity contribution in [2.45, 2.75) is 0 Å². The molecule has 24 heavy (non-hydrogen) atoms. The number of ether oxygens (including phenoxy) is 2. The van der Waals surface area contributed by atoms with Gasteiger partial charge in [0.05, 0.1) is 20.4 Å². The van der Waals surface area contributed by atoms with Crippen molar-refractivity contribution in [2.75, 3.05) is 14.2 Å². The number of phenolic OH excluding ortho intramolecular Hbond substituents is 1. The molecule has 1 heterocycles. The smallest absolute Gasteiger partial charge is 0.200 e. The Labute approximate surface area is 138 Å². The standard InChI is InChI=1S/C17H16N4O3/c1-23-14-8-12(9-15(24-2)16(14)22)10-19-21-11-18-20-17(21)13-6-4-3-5-7-13/h3-11,22H,1-2H3/b19-10+. The summed E-state index contributed by atoms with van der Waals surface area (Å²) in [7, 11) is 2.95. The lowest BCUT2D eigenvalue weighted by molar-refractivity contribution is 0.340. The summed E-state index contributed by atoms with van der Waals surface area (Å²) in [6.45, 7) is 0. The van der Waals surface area contributed by atoms with Gasteiger partial charge in [0.25, 0.3) is 0 Å². The van der Waals surface area contributed by atoms with E-state index in [9.17, 15) is 5.11 Å². The normalized spacial score (nSPS) is 10.9. The maximum absolute atomic E-state index is 9.94. The average molecular weight is 324 g/mol. The first-order chi connectivity index (χ1) is 11.7. The minimum Gasteiger partial charge on any atom is -0.502 e. The van der Waals surface area contributed by atoms with Crippen molar-refractivity contribution in [1.29, 1.82) is 0 Å². The van der Waals surface area contributed by atoms with E-state index >= 15 is 0 Å². The number of rotatable bonds is 5. The van der Waals surface area contributed by atoms with Gasteiger partial charge in [-0.05, 0) is 12.1 Å². The quantitative estimate of drug-likeness (QED) is 0.729. The zero-order valence-corrected chi connectivity index (χ0v) is 13.2. The molecule has 0 radical (unpaired) electrons. The van der Waals surface area contributed by atoms with Crippen LogP contribution in [-0.2, 0) is 0 Å². The van der Waals surface area contributed by atoms with Crippen LogP contribution in [0.1, 0.15) is 5.56 Å². The van der Waals surface area contributed by atoms with Gasteiger partial charge >= 0.3 is 0 Å². The molecule has 7 nitrogen and oxygen atoms in total. The van der Waals surface area contributed by atoms with E-state index in [1.807, 2.05) is 30.3 Å². The van der Waals surface area contributed by atoms with E-state index in [0.717, 1.165) is 5.56 Å². The Kier molecular flexibility index (Phi) is 4.42. The van der Waals surface area contributed by atoms with Gasteiger partial charge in [0.2, 0.25) is 5.75 Å². The molecule has 0 spiro atoms. The molecule has 0 unspecified atom stereocenters. The highest BCUT2D eigenvalue weighted by Crippen LogP contribution is 2.36. The maximum atomic E-state index is 9.94. The minimum absolute atomic E-state index is 0.0496. The van der Waals surface area contributed by atoms with Crippen molar-refractivity contribution >= 4 is 6.21 Å². The lowest BCUT2D eigenvalue weighted by Crippen LogP contribution is -1.95. The van der Waals surface area contributed by atoms with Crippen LogP contribution in [0.15, 0.2) is 53.9 Å². The van der Waals surface area contributed by atoms with Gasteiger partial charge < -0.3 is 14.6 Å². The van der Waals surface area contributed by atoms with Crippen molar-refractivity contribution < 1.29 is 14.6 Å². The van der Waals surface area contributed by atoms with Crippen LogP contribution in [0.3, 0.4) is 0 Å². The highest BCUT2D eigenvalue weighted by atomic mass is 16.5. The van der Waals surface area contributed by atoms with Crippen molar-refractivity contribution in [3.05, 3.63) is 54.4 Å². The molecule has 0 saturated carbocycles. The third-order valence-electron chi connectivity index (χ3n) is 3.40. The van der Waals surface area contributed by atoms with Crippen molar-refractivity contribution in [3.8, 4) is 28.6 Å². The summed E-state index contributed by atoms with van der Waals surface area (Å²) in [6, 6.07) is 13.0. The molecule has 1 N–H and O–H groups in total. The number of hydrogen-bond acceptors (Lipinski definition) is 6. The van der Waals surface area contributed by atoms with Gasteiger partial charge in [0.15, 0.2) is 17.3 Å². The van der Waals surface area contributed by atoms with Crippen molar-refractivity contribution in [2.24, 2.45) is 5.10 Å². The number of aromatic nitrogens is 3. The van der Waals surface area contributed by atoms with Crippen LogP contribution >= 0.6 is 0 Å². The monoisotopic (exact) mass is 324 g/mol. The highest BCUT2D eigenvalue weighted by Gasteiger charge is 2.10. The topological polar surface area (TPSA) is 81.8 Å². The summed E-state index contributed by atoms with van der Waals surface area (Å²) < 4.78 is 11.8. The highest BCUT2D eigenvalue weighted by molar-refractivity contribution is 5.82. The SMILES string of the molecule is COc1cc(/C=N/n2cnnc2-c2ccccc2)cc(OC)c1O. The molecule has 7 heteroatoms. The number of hydrogen-bond donors (Lipinski definition) is 1. The Hall–Kier alpha value is -3.35. The summed E-state index contributed by atoms with van der Waals surface area (Å²) in [5.41, 5.74) is 1.61. The zero-order chi connectivity index (χ0) is 16.9. The van der Waals surface area contributed by atoms with Crippen LogP contribution < -0.4 is 9.47 Å². The predicted molar refractivity (Wildman–Crippen MR) is 89.7 cm³/mol. The van der Waals surface area contributed by atoms with Crippen molar-refractivity contribution in [1.82, 2.24) is 14.9 Å². The van der Waals surface area contributed by atoms with E-state index in [1.54, 1.807) is 23.0 Å². The molecule has 1 aromatic heterocycles. The van der Waals surface area contributed by atoms with Gasteiger partial charge in [0.1, 0.15) is 6.33 Å². The molecule has 0 atom stereocenters. The largest absolute Gasteiger partial charge is 0.502 e. The molecule has 122 valence electrons. The van der Waals surface area contributed by atoms with Crippen LogP contribution in [0.2, 0.25) is 0 Å². The average Bonchev–Trinajstić information content (AvgIpc) is 3.10. The minimum atomic E-state index is -0.0496. The molecule has 0 aliphatic rings. The van der Waals surface area contributed by atoms with E-state index in [1.165, 1.54) is 20.5 Å². The molecule has 3 aromatic rings. The number of benzene rings is 2. The third kappa shape index (κ3) is 3.05. The van der Waals surface area contributed by atoms with E-state index in [-0.39, 0.29) is 5.75 Å². The van der Waals surface area contributed by atoms with E-state index in [0.29, 0.717) is 22.9 Å². The fourth-order valence-corrected chi connectivity index (χ4v) is 2.21. The maximum Gasteiger partial charge on any atom is 0.200 e. The molecule has 0 fully saturated rings.